The largest absolute Gasteiger partial charge is 0.378 e. The normalized spacial score (nSPS) is 16.8. The SMILES string of the molecule is O=C(NCc1cc(Cl)ccc1-n1cnnn1)[C@@H]1CCON1C(=O)[C@H](O)c1ccccc1. The third-order valence-corrected chi connectivity index (χ3v) is 5.10. The molecule has 4 rings (SSSR count). The van der Waals surface area contributed by atoms with Gasteiger partial charge in [0.05, 0.1) is 12.3 Å². The van der Waals surface area contributed by atoms with E-state index < -0.39 is 24.0 Å². The summed E-state index contributed by atoms with van der Waals surface area (Å²) < 4.78 is 1.46. The van der Waals surface area contributed by atoms with E-state index in [1.54, 1.807) is 48.5 Å². The number of tetrazole rings is 1. The average Bonchev–Trinajstić information content (AvgIpc) is 3.49. The van der Waals surface area contributed by atoms with E-state index in [2.05, 4.69) is 20.8 Å². The number of hydrogen-bond donors (Lipinski definition) is 2. The van der Waals surface area contributed by atoms with Crippen LogP contribution in [0.15, 0.2) is 54.9 Å². The summed E-state index contributed by atoms with van der Waals surface area (Å²) in [5, 5.41) is 25.7. The highest BCUT2D eigenvalue weighted by molar-refractivity contribution is 6.30. The van der Waals surface area contributed by atoms with Gasteiger partial charge in [-0.15, -0.1) is 5.10 Å². The lowest BCUT2D eigenvalue weighted by atomic mass is 10.1. The molecule has 0 saturated carbocycles. The van der Waals surface area contributed by atoms with E-state index in [0.29, 0.717) is 28.3 Å². The Hall–Kier alpha value is -3.34. The molecule has 0 bridgehead atoms. The van der Waals surface area contributed by atoms with Gasteiger partial charge < -0.3 is 10.4 Å². The number of aromatic nitrogens is 4. The molecule has 0 spiro atoms. The molecule has 31 heavy (non-hydrogen) atoms. The van der Waals surface area contributed by atoms with Crippen LogP contribution in [0.25, 0.3) is 5.69 Å². The fourth-order valence-electron chi connectivity index (χ4n) is 3.31. The summed E-state index contributed by atoms with van der Waals surface area (Å²) in [5.74, 6) is -1.10. The predicted octanol–water partition coefficient (Wildman–Crippen LogP) is 1.20. The second-order valence-electron chi connectivity index (χ2n) is 6.86. The molecule has 2 amide bonds. The van der Waals surface area contributed by atoms with Gasteiger partial charge in [-0.2, -0.15) is 0 Å². The molecule has 2 aromatic carbocycles. The van der Waals surface area contributed by atoms with Crippen molar-refractivity contribution in [2.75, 3.05) is 6.61 Å². The molecule has 2 N–H and O–H groups in total. The zero-order valence-electron chi connectivity index (χ0n) is 16.3. The second-order valence-corrected chi connectivity index (χ2v) is 7.30. The highest BCUT2D eigenvalue weighted by Gasteiger charge is 2.38. The van der Waals surface area contributed by atoms with E-state index in [1.165, 1.54) is 11.0 Å². The van der Waals surface area contributed by atoms with E-state index in [1.807, 2.05) is 0 Å². The average molecular weight is 443 g/mol. The number of nitrogens with one attached hydrogen (secondary N) is 1. The van der Waals surface area contributed by atoms with E-state index in [0.717, 1.165) is 5.06 Å². The maximum Gasteiger partial charge on any atom is 0.280 e. The van der Waals surface area contributed by atoms with Crippen molar-refractivity contribution < 1.29 is 19.5 Å². The maximum atomic E-state index is 12.8. The van der Waals surface area contributed by atoms with Crippen molar-refractivity contribution in [1.29, 1.82) is 0 Å². The van der Waals surface area contributed by atoms with Gasteiger partial charge >= 0.3 is 0 Å². The van der Waals surface area contributed by atoms with Gasteiger partial charge in [-0.05, 0) is 39.8 Å². The smallest absolute Gasteiger partial charge is 0.280 e. The molecular weight excluding hydrogens is 424 g/mol. The third kappa shape index (κ3) is 4.55. The molecule has 1 fully saturated rings. The van der Waals surface area contributed by atoms with Crippen molar-refractivity contribution >= 4 is 23.4 Å². The minimum atomic E-state index is -1.42. The number of benzene rings is 2. The summed E-state index contributed by atoms with van der Waals surface area (Å²) in [5.41, 5.74) is 1.77. The first kappa shape index (κ1) is 20.9. The Bertz CT molecular complexity index is 1060. The van der Waals surface area contributed by atoms with Crippen LogP contribution in [0, 0.1) is 0 Å². The maximum absolute atomic E-state index is 12.8. The lowest BCUT2D eigenvalue weighted by molar-refractivity contribution is -0.187. The highest BCUT2D eigenvalue weighted by atomic mass is 35.5. The number of aliphatic hydroxyl groups excluding tert-OH is 1. The minimum Gasteiger partial charge on any atom is -0.378 e. The van der Waals surface area contributed by atoms with Crippen LogP contribution in [0.3, 0.4) is 0 Å². The first-order chi connectivity index (χ1) is 15.0. The Morgan fingerprint density at radius 2 is 2.06 bits per heavy atom. The van der Waals surface area contributed by atoms with E-state index in [4.69, 9.17) is 16.4 Å². The molecule has 160 valence electrons. The molecule has 1 aromatic heterocycles. The summed E-state index contributed by atoms with van der Waals surface area (Å²) in [6.07, 6.45) is 0.327. The number of amides is 2. The molecular formula is C20H19ClN6O4. The van der Waals surface area contributed by atoms with Crippen LogP contribution < -0.4 is 5.32 Å². The number of nitrogens with zero attached hydrogens (tertiary/aromatic N) is 5. The van der Waals surface area contributed by atoms with Gasteiger partial charge in [-0.1, -0.05) is 41.9 Å². The number of aliphatic hydroxyl groups is 1. The lowest BCUT2D eigenvalue weighted by Crippen LogP contribution is -2.46. The monoisotopic (exact) mass is 442 g/mol. The van der Waals surface area contributed by atoms with Gasteiger partial charge in [-0.25, -0.2) is 9.75 Å². The van der Waals surface area contributed by atoms with Gasteiger partial charge in [0.2, 0.25) is 5.91 Å². The van der Waals surface area contributed by atoms with Crippen LogP contribution in [0.2, 0.25) is 5.02 Å². The lowest BCUT2D eigenvalue weighted by Gasteiger charge is -2.24. The first-order valence-corrected chi connectivity index (χ1v) is 9.91. The van der Waals surface area contributed by atoms with Crippen LogP contribution in [0.4, 0.5) is 0 Å². The Morgan fingerprint density at radius 3 is 2.81 bits per heavy atom. The van der Waals surface area contributed by atoms with Gasteiger partial charge in [-0.3, -0.25) is 14.4 Å². The Labute approximate surface area is 182 Å². The molecule has 2 atom stereocenters. The minimum absolute atomic E-state index is 0.133. The number of halogens is 1. The number of hydrogen-bond acceptors (Lipinski definition) is 7. The van der Waals surface area contributed by atoms with Crippen LogP contribution >= 0.6 is 11.6 Å². The van der Waals surface area contributed by atoms with Gasteiger partial charge in [0.1, 0.15) is 12.4 Å². The molecule has 1 aliphatic heterocycles. The summed E-state index contributed by atoms with van der Waals surface area (Å²) in [4.78, 5) is 30.9. The quantitative estimate of drug-likeness (QED) is 0.588. The zero-order valence-corrected chi connectivity index (χ0v) is 17.0. The van der Waals surface area contributed by atoms with E-state index >= 15 is 0 Å². The molecule has 1 aliphatic rings. The van der Waals surface area contributed by atoms with Crippen molar-refractivity contribution in [3.63, 3.8) is 0 Å². The molecule has 11 heteroatoms. The van der Waals surface area contributed by atoms with Gasteiger partial charge in [0, 0.05) is 18.0 Å². The summed E-state index contributed by atoms with van der Waals surface area (Å²) in [6.45, 7) is 0.326. The van der Waals surface area contributed by atoms with Crippen LogP contribution in [-0.4, -0.2) is 54.8 Å². The Balaban J connectivity index is 1.45. The standard InChI is InChI=1S/C20H19ClN6O4/c21-15-6-7-16(26-12-23-24-25-26)14(10-15)11-22-19(29)17-8-9-31-27(17)20(30)18(28)13-4-2-1-3-5-13/h1-7,10,12,17-18,28H,8-9,11H2,(H,22,29)/t17-,18+/m0/s1. The van der Waals surface area contributed by atoms with Crippen molar-refractivity contribution in [2.24, 2.45) is 0 Å². The number of hydroxylamine groups is 2. The molecule has 1 saturated heterocycles. The predicted molar refractivity (Wildman–Crippen MR) is 109 cm³/mol. The Kier molecular flexibility index (Phi) is 6.21. The van der Waals surface area contributed by atoms with Crippen LogP contribution in [0.1, 0.15) is 23.7 Å². The number of rotatable bonds is 6. The van der Waals surface area contributed by atoms with E-state index in [-0.39, 0.29) is 13.2 Å². The second kappa shape index (κ2) is 9.21. The molecule has 10 nitrogen and oxygen atoms in total. The van der Waals surface area contributed by atoms with Crippen molar-refractivity contribution in [1.82, 2.24) is 30.6 Å². The fraction of sp³-hybridized carbons (Fsp3) is 0.250. The van der Waals surface area contributed by atoms with Crippen molar-refractivity contribution in [3.05, 3.63) is 71.0 Å². The summed E-state index contributed by atoms with van der Waals surface area (Å²) in [7, 11) is 0. The van der Waals surface area contributed by atoms with Gasteiger partial charge in [0.15, 0.2) is 6.10 Å². The van der Waals surface area contributed by atoms with Gasteiger partial charge in [0.25, 0.3) is 5.91 Å². The van der Waals surface area contributed by atoms with Crippen LogP contribution in [-0.2, 0) is 21.0 Å². The zero-order chi connectivity index (χ0) is 21.8. The molecule has 0 unspecified atom stereocenters. The first-order valence-electron chi connectivity index (χ1n) is 9.53. The number of carbonyl (C=O) groups excluding carboxylic acids is 2. The molecule has 0 radical (unpaired) electrons. The van der Waals surface area contributed by atoms with Crippen molar-refractivity contribution in [2.45, 2.75) is 25.1 Å². The third-order valence-electron chi connectivity index (χ3n) is 4.86. The number of carbonyl (C=O) groups is 2. The van der Waals surface area contributed by atoms with Crippen LogP contribution in [0.5, 0.6) is 0 Å². The van der Waals surface area contributed by atoms with Crippen molar-refractivity contribution in [3.8, 4) is 5.69 Å². The summed E-state index contributed by atoms with van der Waals surface area (Å²) >= 11 is 6.10. The highest BCUT2D eigenvalue weighted by Crippen LogP contribution is 2.23. The molecule has 2 heterocycles. The Morgan fingerprint density at radius 1 is 1.26 bits per heavy atom. The summed E-state index contributed by atoms with van der Waals surface area (Å²) in [6, 6.07) is 12.8. The molecule has 3 aromatic rings. The molecule has 0 aliphatic carbocycles. The van der Waals surface area contributed by atoms with E-state index in [9.17, 15) is 14.7 Å². The topological polar surface area (TPSA) is 122 Å². The fourth-order valence-corrected chi connectivity index (χ4v) is 3.51.